The Hall–Kier alpha value is -3.39. The van der Waals surface area contributed by atoms with Crippen molar-refractivity contribution in [2.45, 2.75) is 10.8 Å². The van der Waals surface area contributed by atoms with Gasteiger partial charge in [-0.3, -0.25) is 9.89 Å². The van der Waals surface area contributed by atoms with Gasteiger partial charge in [0, 0.05) is 17.0 Å². The summed E-state index contributed by atoms with van der Waals surface area (Å²) in [6.45, 7) is 0. The van der Waals surface area contributed by atoms with Gasteiger partial charge < -0.3 is 10.1 Å². The number of amides is 1. The number of nitrogens with zero attached hydrogens (tertiary/aromatic N) is 3. The van der Waals surface area contributed by atoms with Crippen LogP contribution in [0.25, 0.3) is 11.0 Å². The normalized spacial score (nSPS) is 10.8. The molecule has 0 aliphatic carbocycles. The molecule has 0 bridgehead atoms. The number of hydrogen-bond donors (Lipinski definition) is 2. The third-order valence-electron chi connectivity index (χ3n) is 4.12. The predicted molar refractivity (Wildman–Crippen MR) is 109 cm³/mol. The number of methoxy groups -OCH3 is 1. The molecular formula is C20H17N5O2S. The first-order chi connectivity index (χ1) is 13.7. The Balaban J connectivity index is 1.44. The second kappa shape index (κ2) is 8.10. The van der Waals surface area contributed by atoms with E-state index >= 15 is 0 Å². The van der Waals surface area contributed by atoms with Crippen molar-refractivity contribution in [2.24, 2.45) is 0 Å². The summed E-state index contributed by atoms with van der Waals surface area (Å²) >= 11 is 1.58. The lowest BCUT2D eigenvalue weighted by Gasteiger charge is -2.08. The minimum atomic E-state index is -0.156. The number of carbonyl (C=O) groups excluding carboxylic acids is 1. The van der Waals surface area contributed by atoms with Crippen molar-refractivity contribution in [3.63, 3.8) is 0 Å². The van der Waals surface area contributed by atoms with Crippen molar-refractivity contribution in [2.75, 3.05) is 12.4 Å². The van der Waals surface area contributed by atoms with Crippen LogP contribution in [0.15, 0.2) is 66.1 Å². The quantitative estimate of drug-likeness (QED) is 0.382. The number of carbonyl (C=O) groups is 1. The molecule has 140 valence electrons. The number of rotatable bonds is 6. The molecule has 0 fully saturated rings. The summed E-state index contributed by atoms with van der Waals surface area (Å²) in [6, 6.07) is 14.8. The van der Waals surface area contributed by atoms with Crippen LogP contribution in [0, 0.1) is 0 Å². The van der Waals surface area contributed by atoms with E-state index in [-0.39, 0.29) is 5.91 Å². The van der Waals surface area contributed by atoms with Crippen LogP contribution < -0.4 is 10.1 Å². The molecule has 2 N–H and O–H groups in total. The Morgan fingerprint density at radius 3 is 2.86 bits per heavy atom. The summed E-state index contributed by atoms with van der Waals surface area (Å²) in [5, 5.41) is 11.5. The first-order valence-corrected chi connectivity index (χ1v) is 9.53. The molecule has 0 aliphatic rings. The number of aromatic amines is 1. The van der Waals surface area contributed by atoms with Gasteiger partial charge in [-0.2, -0.15) is 5.10 Å². The molecule has 2 heterocycles. The van der Waals surface area contributed by atoms with Crippen molar-refractivity contribution in [1.82, 2.24) is 20.2 Å². The van der Waals surface area contributed by atoms with Gasteiger partial charge >= 0.3 is 0 Å². The van der Waals surface area contributed by atoms with Crippen molar-refractivity contribution in [1.29, 1.82) is 0 Å². The first-order valence-electron chi connectivity index (χ1n) is 8.54. The van der Waals surface area contributed by atoms with Gasteiger partial charge in [0.2, 0.25) is 0 Å². The molecule has 0 aliphatic heterocycles. The lowest BCUT2D eigenvalue weighted by molar-refractivity contribution is 0.102. The maximum absolute atomic E-state index is 12.6. The largest absolute Gasteiger partial charge is 0.497 e. The highest BCUT2D eigenvalue weighted by Gasteiger charge is 2.09. The predicted octanol–water partition coefficient (Wildman–Crippen LogP) is 3.91. The van der Waals surface area contributed by atoms with Crippen molar-refractivity contribution in [3.05, 3.63) is 72.2 Å². The number of hydrogen-bond acceptors (Lipinski definition) is 6. The molecule has 2 aromatic carbocycles. The third-order valence-corrected chi connectivity index (χ3v) is 5.20. The summed E-state index contributed by atoms with van der Waals surface area (Å²) in [5.41, 5.74) is 3.06. The molecule has 28 heavy (non-hydrogen) atoms. The van der Waals surface area contributed by atoms with Gasteiger partial charge in [0.15, 0.2) is 5.65 Å². The van der Waals surface area contributed by atoms with Crippen LogP contribution in [0.3, 0.4) is 0 Å². The topological polar surface area (TPSA) is 92.8 Å². The third kappa shape index (κ3) is 3.96. The number of fused-ring (bicyclic) bond motifs is 1. The average Bonchev–Trinajstić information content (AvgIpc) is 3.22. The second-order valence-electron chi connectivity index (χ2n) is 5.98. The molecule has 4 aromatic rings. The number of nitrogens with one attached hydrogen (secondary N) is 2. The molecule has 8 heteroatoms. The fourth-order valence-corrected chi connectivity index (χ4v) is 3.60. The minimum absolute atomic E-state index is 0.156. The van der Waals surface area contributed by atoms with Gasteiger partial charge in [0.1, 0.15) is 17.1 Å². The molecule has 7 nitrogen and oxygen atoms in total. The van der Waals surface area contributed by atoms with E-state index in [0.717, 1.165) is 21.7 Å². The molecule has 0 radical (unpaired) electrons. The minimum Gasteiger partial charge on any atom is -0.497 e. The fourth-order valence-electron chi connectivity index (χ4n) is 2.69. The monoisotopic (exact) mass is 391 g/mol. The number of H-pyrrole nitrogens is 1. The van der Waals surface area contributed by atoms with Gasteiger partial charge in [-0.05, 0) is 42.0 Å². The Kier molecular flexibility index (Phi) is 5.20. The number of aromatic nitrogens is 4. The van der Waals surface area contributed by atoms with Gasteiger partial charge in [-0.25, -0.2) is 9.97 Å². The van der Waals surface area contributed by atoms with E-state index in [1.54, 1.807) is 43.3 Å². The summed E-state index contributed by atoms with van der Waals surface area (Å²) in [7, 11) is 1.61. The number of thioether (sulfide) groups is 1. The van der Waals surface area contributed by atoms with Crippen LogP contribution >= 0.6 is 11.8 Å². The summed E-state index contributed by atoms with van der Waals surface area (Å²) < 4.78 is 5.13. The lowest BCUT2D eigenvalue weighted by atomic mass is 10.1. The molecule has 2 aromatic heterocycles. The van der Waals surface area contributed by atoms with Gasteiger partial charge in [-0.15, -0.1) is 11.8 Å². The van der Waals surface area contributed by atoms with Gasteiger partial charge in [-0.1, -0.05) is 12.1 Å². The second-order valence-corrected chi connectivity index (χ2v) is 6.95. The van der Waals surface area contributed by atoms with E-state index in [1.807, 2.05) is 30.3 Å². The molecule has 0 saturated carbocycles. The number of ether oxygens (including phenoxy) is 1. The van der Waals surface area contributed by atoms with Crippen LogP contribution in [0.5, 0.6) is 5.75 Å². The van der Waals surface area contributed by atoms with E-state index < -0.39 is 0 Å². The van der Waals surface area contributed by atoms with Gasteiger partial charge in [0.25, 0.3) is 5.91 Å². The summed E-state index contributed by atoms with van der Waals surface area (Å²) in [4.78, 5) is 21.0. The SMILES string of the molecule is COc1ccc(NC(=O)c2cccc(CSc3ncnc4[nH]ncc34)c2)cc1. The van der Waals surface area contributed by atoms with E-state index in [9.17, 15) is 4.79 Å². The molecule has 4 rings (SSSR count). The number of benzene rings is 2. The standard InChI is InChI=1S/C20H17N5O2S/c1-27-16-7-5-15(6-8-16)24-19(26)14-4-2-3-13(9-14)11-28-20-17-10-23-25-18(17)21-12-22-20/h2-10,12H,11H2,1H3,(H,24,26)(H,21,22,23,25). The van der Waals surface area contributed by atoms with E-state index in [4.69, 9.17) is 4.74 Å². The molecule has 0 spiro atoms. The smallest absolute Gasteiger partial charge is 0.255 e. The van der Waals surface area contributed by atoms with Crippen LogP contribution in [-0.4, -0.2) is 33.2 Å². The molecule has 0 unspecified atom stereocenters. The van der Waals surface area contributed by atoms with Crippen molar-refractivity contribution in [3.8, 4) is 5.75 Å². The molecule has 0 atom stereocenters. The summed E-state index contributed by atoms with van der Waals surface area (Å²) in [5.74, 6) is 1.27. The maximum Gasteiger partial charge on any atom is 0.255 e. The Bertz CT molecular complexity index is 1110. The van der Waals surface area contributed by atoms with Crippen LogP contribution in [-0.2, 0) is 5.75 Å². The highest BCUT2D eigenvalue weighted by molar-refractivity contribution is 7.98. The van der Waals surface area contributed by atoms with E-state index in [2.05, 4.69) is 25.5 Å². The lowest BCUT2D eigenvalue weighted by Crippen LogP contribution is -2.12. The molecule has 1 amide bonds. The Morgan fingerprint density at radius 1 is 1.18 bits per heavy atom. The molecule has 0 saturated heterocycles. The van der Waals surface area contributed by atoms with Crippen molar-refractivity contribution < 1.29 is 9.53 Å². The zero-order valence-corrected chi connectivity index (χ0v) is 15.9. The highest BCUT2D eigenvalue weighted by Crippen LogP contribution is 2.26. The maximum atomic E-state index is 12.6. The first kappa shape index (κ1) is 18.0. The molecular weight excluding hydrogens is 374 g/mol. The Labute approximate surface area is 165 Å². The van der Waals surface area contributed by atoms with Gasteiger partial charge in [0.05, 0.1) is 18.7 Å². The van der Waals surface area contributed by atoms with E-state index in [1.165, 1.54) is 6.33 Å². The highest BCUT2D eigenvalue weighted by atomic mass is 32.2. The zero-order valence-electron chi connectivity index (χ0n) is 15.0. The van der Waals surface area contributed by atoms with Crippen LogP contribution in [0.4, 0.5) is 5.69 Å². The number of anilines is 1. The average molecular weight is 391 g/mol. The van der Waals surface area contributed by atoms with Crippen LogP contribution in [0.2, 0.25) is 0 Å². The fraction of sp³-hybridized carbons (Fsp3) is 0.100. The van der Waals surface area contributed by atoms with E-state index in [0.29, 0.717) is 22.7 Å². The Morgan fingerprint density at radius 2 is 2.04 bits per heavy atom. The summed E-state index contributed by atoms with van der Waals surface area (Å²) in [6.07, 6.45) is 3.23. The van der Waals surface area contributed by atoms with Crippen LogP contribution in [0.1, 0.15) is 15.9 Å². The zero-order chi connectivity index (χ0) is 19.3. The van der Waals surface area contributed by atoms with Crippen molar-refractivity contribution >= 4 is 34.4 Å².